The second-order valence-corrected chi connectivity index (χ2v) is 9.07. The van der Waals surface area contributed by atoms with Gasteiger partial charge >= 0.3 is 5.97 Å². The molecule has 1 aromatic carbocycles. The molecule has 1 aromatic rings. The fourth-order valence-electron chi connectivity index (χ4n) is 4.29. The van der Waals surface area contributed by atoms with E-state index in [0.29, 0.717) is 12.2 Å². The molecule has 0 saturated heterocycles. The van der Waals surface area contributed by atoms with Gasteiger partial charge in [0.25, 0.3) is 6.47 Å². The van der Waals surface area contributed by atoms with Gasteiger partial charge in [0.05, 0.1) is 5.41 Å². The average Bonchev–Trinajstić information content (AvgIpc) is 3.61. The topological polar surface area (TPSA) is 83.8 Å². The predicted octanol–water partition coefficient (Wildman–Crippen LogP) is 5.17. The van der Waals surface area contributed by atoms with E-state index in [9.17, 15) is 19.8 Å². The van der Waals surface area contributed by atoms with Gasteiger partial charge in [0.2, 0.25) is 0 Å². The summed E-state index contributed by atoms with van der Waals surface area (Å²) < 4.78 is 5.19. The molecule has 0 amide bonds. The summed E-state index contributed by atoms with van der Waals surface area (Å²) in [6, 6.07) is 5.91. The molecule has 0 heterocycles. The lowest BCUT2D eigenvalue weighted by Crippen LogP contribution is -2.14. The lowest BCUT2D eigenvalue weighted by Gasteiger charge is -2.13. The Balaban J connectivity index is 1.32. The van der Waals surface area contributed by atoms with Crippen LogP contribution in [-0.4, -0.2) is 28.3 Å². The van der Waals surface area contributed by atoms with Gasteiger partial charge in [-0.05, 0) is 87.8 Å². The SMILES string of the molecule is O=COC1(CCCCc2ccc(O)c(CCCCCCC3(C(=O)O)CC3)c2)CC1. The first-order valence-corrected chi connectivity index (χ1v) is 11.1. The van der Waals surface area contributed by atoms with Crippen LogP contribution in [0.15, 0.2) is 18.2 Å². The predicted molar refractivity (Wildman–Crippen MR) is 111 cm³/mol. The van der Waals surface area contributed by atoms with E-state index in [1.807, 2.05) is 6.07 Å². The highest BCUT2D eigenvalue weighted by atomic mass is 16.5. The fraction of sp³-hybridized carbons (Fsp3) is 0.667. The number of aromatic hydroxyl groups is 1. The van der Waals surface area contributed by atoms with Crippen LogP contribution >= 0.6 is 0 Å². The van der Waals surface area contributed by atoms with E-state index in [0.717, 1.165) is 95.5 Å². The van der Waals surface area contributed by atoms with Crippen molar-refractivity contribution in [1.82, 2.24) is 0 Å². The van der Waals surface area contributed by atoms with Crippen molar-refractivity contribution in [2.75, 3.05) is 0 Å². The number of carboxylic acids is 1. The number of hydrogen-bond donors (Lipinski definition) is 2. The van der Waals surface area contributed by atoms with Crippen molar-refractivity contribution >= 4 is 12.4 Å². The van der Waals surface area contributed by atoms with Crippen LogP contribution in [0, 0.1) is 5.41 Å². The van der Waals surface area contributed by atoms with Gasteiger partial charge in [-0.3, -0.25) is 9.59 Å². The number of carboxylic acid groups (broad SMARTS) is 1. The summed E-state index contributed by atoms with van der Waals surface area (Å²) in [7, 11) is 0. The Morgan fingerprint density at radius 2 is 1.66 bits per heavy atom. The summed E-state index contributed by atoms with van der Waals surface area (Å²) in [5.41, 5.74) is 1.70. The molecule has 2 aliphatic carbocycles. The third-order valence-corrected chi connectivity index (χ3v) is 6.76. The molecule has 0 radical (unpaired) electrons. The highest BCUT2D eigenvalue weighted by Crippen LogP contribution is 2.50. The second-order valence-electron chi connectivity index (χ2n) is 9.07. The summed E-state index contributed by atoms with van der Waals surface area (Å²) in [6.07, 6.45) is 13.5. The molecule has 29 heavy (non-hydrogen) atoms. The molecule has 160 valence electrons. The minimum atomic E-state index is -0.622. The van der Waals surface area contributed by atoms with Gasteiger partial charge in [-0.2, -0.15) is 0 Å². The van der Waals surface area contributed by atoms with Gasteiger partial charge in [-0.1, -0.05) is 31.4 Å². The zero-order valence-electron chi connectivity index (χ0n) is 17.3. The van der Waals surface area contributed by atoms with Crippen LogP contribution in [0.2, 0.25) is 0 Å². The van der Waals surface area contributed by atoms with Gasteiger partial charge in [-0.15, -0.1) is 0 Å². The van der Waals surface area contributed by atoms with E-state index in [2.05, 4.69) is 6.07 Å². The molecule has 0 atom stereocenters. The van der Waals surface area contributed by atoms with Crippen molar-refractivity contribution in [3.05, 3.63) is 29.3 Å². The van der Waals surface area contributed by atoms with E-state index in [-0.39, 0.29) is 5.60 Å². The van der Waals surface area contributed by atoms with Crippen LogP contribution in [0.4, 0.5) is 0 Å². The summed E-state index contributed by atoms with van der Waals surface area (Å²) in [5, 5.41) is 19.4. The molecule has 0 aromatic heterocycles. The van der Waals surface area contributed by atoms with Crippen LogP contribution in [0.5, 0.6) is 5.75 Å². The number of hydrogen-bond acceptors (Lipinski definition) is 4. The van der Waals surface area contributed by atoms with E-state index >= 15 is 0 Å². The largest absolute Gasteiger partial charge is 0.508 e. The number of aryl methyl sites for hydroxylation is 2. The number of ether oxygens (including phenoxy) is 1. The Morgan fingerprint density at radius 3 is 2.31 bits per heavy atom. The van der Waals surface area contributed by atoms with Crippen molar-refractivity contribution in [2.24, 2.45) is 5.41 Å². The molecule has 2 aliphatic rings. The Hall–Kier alpha value is -2.04. The van der Waals surface area contributed by atoms with Gasteiger partial charge in [0.1, 0.15) is 11.4 Å². The minimum absolute atomic E-state index is 0.161. The van der Waals surface area contributed by atoms with Crippen LogP contribution in [0.25, 0.3) is 0 Å². The number of unbranched alkanes of at least 4 members (excludes halogenated alkanes) is 4. The lowest BCUT2D eigenvalue weighted by molar-refractivity contribution is -0.143. The molecule has 0 spiro atoms. The Morgan fingerprint density at radius 1 is 0.966 bits per heavy atom. The number of phenolic OH excluding ortho intramolecular Hbond substituents is 1. The zero-order valence-corrected chi connectivity index (χ0v) is 17.3. The van der Waals surface area contributed by atoms with E-state index in [4.69, 9.17) is 4.74 Å². The third kappa shape index (κ3) is 6.22. The van der Waals surface area contributed by atoms with Crippen molar-refractivity contribution in [2.45, 2.75) is 95.5 Å². The highest BCUT2D eigenvalue weighted by Gasteiger charge is 2.49. The van der Waals surface area contributed by atoms with E-state index < -0.39 is 11.4 Å². The van der Waals surface area contributed by atoms with E-state index in [1.165, 1.54) is 5.56 Å². The number of phenols is 1. The highest BCUT2D eigenvalue weighted by molar-refractivity contribution is 5.77. The first kappa shape index (κ1) is 21.7. The number of carbonyl (C=O) groups is 2. The maximum absolute atomic E-state index is 11.2. The normalized spacial score (nSPS) is 18.2. The van der Waals surface area contributed by atoms with Crippen LogP contribution in [0.1, 0.15) is 88.2 Å². The Labute approximate surface area is 173 Å². The van der Waals surface area contributed by atoms with Gasteiger partial charge in [0, 0.05) is 0 Å². The first-order chi connectivity index (χ1) is 14.0. The summed E-state index contributed by atoms with van der Waals surface area (Å²) in [5.74, 6) is -0.254. The van der Waals surface area contributed by atoms with Crippen molar-refractivity contribution in [3.8, 4) is 5.75 Å². The molecule has 3 rings (SSSR count). The quantitative estimate of drug-likeness (QED) is 0.312. The van der Waals surface area contributed by atoms with Crippen molar-refractivity contribution in [3.63, 3.8) is 0 Å². The molecule has 5 nitrogen and oxygen atoms in total. The molecular weight excluding hydrogens is 368 g/mol. The Bertz CT molecular complexity index is 703. The summed E-state index contributed by atoms with van der Waals surface area (Å²) in [4.78, 5) is 21.7. The molecule has 0 bridgehead atoms. The van der Waals surface area contributed by atoms with Gasteiger partial charge < -0.3 is 14.9 Å². The number of rotatable bonds is 15. The maximum atomic E-state index is 11.2. The van der Waals surface area contributed by atoms with Gasteiger partial charge in [0.15, 0.2) is 0 Å². The maximum Gasteiger partial charge on any atom is 0.309 e. The number of carbonyl (C=O) groups excluding carboxylic acids is 1. The average molecular weight is 403 g/mol. The molecule has 2 saturated carbocycles. The van der Waals surface area contributed by atoms with Crippen LogP contribution in [0.3, 0.4) is 0 Å². The molecular formula is C24H34O5. The van der Waals surface area contributed by atoms with Crippen LogP contribution in [-0.2, 0) is 27.2 Å². The smallest absolute Gasteiger partial charge is 0.309 e. The van der Waals surface area contributed by atoms with Crippen molar-refractivity contribution in [1.29, 1.82) is 0 Å². The number of aliphatic carboxylic acids is 1. The molecule has 0 unspecified atom stereocenters. The first-order valence-electron chi connectivity index (χ1n) is 11.1. The minimum Gasteiger partial charge on any atom is -0.508 e. The van der Waals surface area contributed by atoms with Crippen LogP contribution < -0.4 is 0 Å². The lowest BCUT2D eigenvalue weighted by atomic mass is 9.96. The molecule has 5 heteroatoms. The zero-order chi connectivity index (χ0) is 20.7. The third-order valence-electron chi connectivity index (χ3n) is 6.76. The molecule has 2 N–H and O–H groups in total. The Kier molecular flexibility index (Phi) is 7.20. The summed E-state index contributed by atoms with van der Waals surface area (Å²) >= 11 is 0. The van der Waals surface area contributed by atoms with E-state index in [1.54, 1.807) is 6.07 Å². The molecule has 2 fully saturated rings. The second kappa shape index (κ2) is 9.64. The fourth-order valence-corrected chi connectivity index (χ4v) is 4.29. The molecule has 0 aliphatic heterocycles. The monoisotopic (exact) mass is 402 g/mol. The standard InChI is InChI=1S/C24H34O5/c25-18-29-24(15-16-24)12-6-4-7-19-9-10-21(26)20(17-19)8-3-1-2-5-11-23(13-14-23)22(27)28/h9-10,17-18,26H,1-8,11-16H2,(H,27,28). The van der Waals surface area contributed by atoms with Crippen molar-refractivity contribution < 1.29 is 24.5 Å². The number of benzene rings is 1. The van der Waals surface area contributed by atoms with Gasteiger partial charge in [-0.25, -0.2) is 0 Å². The summed E-state index contributed by atoms with van der Waals surface area (Å²) in [6.45, 7) is 0.579.